The van der Waals surface area contributed by atoms with E-state index in [-0.39, 0.29) is 5.91 Å². The number of carbonyl (C=O) groups excluding carboxylic acids is 1. The molecule has 0 aromatic heterocycles. The van der Waals surface area contributed by atoms with Gasteiger partial charge in [-0.2, -0.15) is 0 Å². The molecule has 0 radical (unpaired) electrons. The largest absolute Gasteiger partial charge is 0.351 e. The molecule has 84 valence electrons. The van der Waals surface area contributed by atoms with Gasteiger partial charge < -0.3 is 10.1 Å². The molecule has 3 rings (SSSR count). The third-order valence-corrected chi connectivity index (χ3v) is 4.70. The monoisotopic (exact) mass is 299 g/mol. The van der Waals surface area contributed by atoms with Crippen LogP contribution in [0.4, 0.5) is 5.69 Å². The Morgan fingerprint density at radius 2 is 2.38 bits per heavy atom. The normalized spacial score (nSPS) is 27.9. The number of amides is 1. The molecular weight excluding hydrogens is 290 g/mol. The van der Waals surface area contributed by atoms with E-state index >= 15 is 0 Å². The maximum Gasteiger partial charge on any atom is 0.272 e. The van der Waals surface area contributed by atoms with Crippen LogP contribution in [0, 0.1) is 0 Å². The number of anilines is 1. The van der Waals surface area contributed by atoms with E-state index in [2.05, 4.69) is 21.2 Å². The number of carbonyl (C=O) groups is 1. The molecule has 1 fully saturated rings. The van der Waals surface area contributed by atoms with Gasteiger partial charge in [-0.25, -0.2) is 0 Å². The zero-order chi connectivity index (χ0) is 11.2. The number of benzene rings is 1. The molecule has 16 heavy (non-hydrogen) atoms. The number of halogens is 1. The molecule has 1 N–H and O–H groups in total. The van der Waals surface area contributed by atoms with Gasteiger partial charge in [-0.1, -0.05) is 15.9 Å². The van der Waals surface area contributed by atoms with Crippen molar-refractivity contribution in [1.29, 1.82) is 0 Å². The van der Waals surface area contributed by atoms with E-state index in [1.54, 1.807) is 11.8 Å². The molecular formula is C11H10BrNO2S. The summed E-state index contributed by atoms with van der Waals surface area (Å²) in [5.74, 6) is 0.907. The highest BCUT2D eigenvalue weighted by atomic mass is 79.9. The van der Waals surface area contributed by atoms with Gasteiger partial charge in [0.1, 0.15) is 0 Å². The van der Waals surface area contributed by atoms with Gasteiger partial charge in [-0.05, 0) is 30.4 Å². The van der Waals surface area contributed by atoms with Gasteiger partial charge in [0.25, 0.3) is 5.91 Å². The van der Waals surface area contributed by atoms with E-state index in [1.807, 2.05) is 18.2 Å². The van der Waals surface area contributed by atoms with Crippen LogP contribution in [0.5, 0.6) is 0 Å². The molecule has 2 aliphatic heterocycles. The Morgan fingerprint density at radius 3 is 3.12 bits per heavy atom. The lowest BCUT2D eigenvalue weighted by molar-refractivity contribution is -0.130. The lowest BCUT2D eigenvalue weighted by Gasteiger charge is -2.30. The Morgan fingerprint density at radius 1 is 1.50 bits per heavy atom. The summed E-state index contributed by atoms with van der Waals surface area (Å²) in [6.45, 7) is 0.645. The molecule has 2 aliphatic rings. The minimum atomic E-state index is -0.808. The van der Waals surface area contributed by atoms with Gasteiger partial charge in [0.15, 0.2) is 0 Å². The van der Waals surface area contributed by atoms with Crippen LogP contribution in [0.1, 0.15) is 12.0 Å². The lowest BCUT2D eigenvalue weighted by Crippen LogP contribution is -2.37. The quantitative estimate of drug-likeness (QED) is 0.800. The number of ether oxygens (including phenoxy) is 1. The Labute approximate surface area is 106 Å². The van der Waals surface area contributed by atoms with E-state index in [4.69, 9.17) is 4.74 Å². The smallest absolute Gasteiger partial charge is 0.272 e. The van der Waals surface area contributed by atoms with Crippen LogP contribution in [-0.4, -0.2) is 18.3 Å². The van der Waals surface area contributed by atoms with Gasteiger partial charge in [0.2, 0.25) is 4.93 Å². The standard InChI is InChI=1S/C11H10BrNO2S/c12-7-2-3-9-8(6-7)11(10(14)13-9)15-4-1-5-16-11/h2-3,6H,1,4-5H2,(H,13,14). The summed E-state index contributed by atoms with van der Waals surface area (Å²) in [7, 11) is 0. The van der Waals surface area contributed by atoms with Crippen molar-refractivity contribution in [2.45, 2.75) is 11.4 Å². The first-order valence-electron chi connectivity index (χ1n) is 5.12. The fraction of sp³-hybridized carbons (Fsp3) is 0.364. The second-order valence-electron chi connectivity index (χ2n) is 3.81. The molecule has 1 atom stereocenters. The van der Waals surface area contributed by atoms with Crippen LogP contribution in [0.15, 0.2) is 22.7 Å². The SMILES string of the molecule is O=C1Nc2ccc(Br)cc2C12OCCCS2. The Balaban J connectivity index is 2.13. The molecule has 1 aromatic carbocycles. The molecule has 3 nitrogen and oxygen atoms in total. The molecule has 1 aromatic rings. The lowest BCUT2D eigenvalue weighted by atomic mass is 10.1. The van der Waals surface area contributed by atoms with Gasteiger partial charge in [-0.15, -0.1) is 11.8 Å². The fourth-order valence-electron chi connectivity index (χ4n) is 2.04. The Hall–Kier alpha value is -0.520. The van der Waals surface area contributed by atoms with E-state index in [9.17, 15) is 4.79 Å². The van der Waals surface area contributed by atoms with Gasteiger partial charge in [0.05, 0.1) is 6.61 Å². The molecule has 1 spiro atoms. The number of nitrogens with one attached hydrogen (secondary N) is 1. The first-order valence-corrected chi connectivity index (χ1v) is 6.90. The van der Waals surface area contributed by atoms with Crippen molar-refractivity contribution in [3.63, 3.8) is 0 Å². The average molecular weight is 300 g/mol. The van der Waals surface area contributed by atoms with Crippen molar-refractivity contribution in [2.24, 2.45) is 0 Å². The van der Waals surface area contributed by atoms with Crippen molar-refractivity contribution in [3.05, 3.63) is 28.2 Å². The topological polar surface area (TPSA) is 38.3 Å². The van der Waals surface area contributed by atoms with Gasteiger partial charge >= 0.3 is 0 Å². The molecule has 5 heteroatoms. The number of hydrogen-bond acceptors (Lipinski definition) is 3. The van der Waals surface area contributed by atoms with Crippen LogP contribution < -0.4 is 5.32 Å². The first-order chi connectivity index (χ1) is 7.72. The number of thioether (sulfide) groups is 1. The molecule has 1 amide bonds. The zero-order valence-electron chi connectivity index (χ0n) is 8.46. The third-order valence-electron chi connectivity index (χ3n) is 2.78. The second-order valence-corrected chi connectivity index (χ2v) is 6.00. The maximum absolute atomic E-state index is 12.0. The van der Waals surface area contributed by atoms with Gasteiger partial charge in [0, 0.05) is 15.7 Å². The van der Waals surface area contributed by atoms with E-state index in [0.29, 0.717) is 6.61 Å². The summed E-state index contributed by atoms with van der Waals surface area (Å²) < 4.78 is 6.72. The summed E-state index contributed by atoms with van der Waals surface area (Å²) in [5, 5.41) is 2.88. The van der Waals surface area contributed by atoms with E-state index in [1.165, 1.54) is 0 Å². The number of rotatable bonds is 0. The van der Waals surface area contributed by atoms with Crippen LogP contribution in [0.25, 0.3) is 0 Å². The minimum absolute atomic E-state index is 0.0506. The first kappa shape index (κ1) is 10.6. The Kier molecular flexibility index (Phi) is 2.49. The second kappa shape index (κ2) is 3.75. The molecule has 2 heterocycles. The number of fused-ring (bicyclic) bond motifs is 2. The van der Waals surface area contributed by atoms with Crippen molar-refractivity contribution < 1.29 is 9.53 Å². The van der Waals surface area contributed by atoms with Crippen molar-refractivity contribution in [3.8, 4) is 0 Å². The highest BCUT2D eigenvalue weighted by molar-refractivity contribution is 9.10. The summed E-state index contributed by atoms with van der Waals surface area (Å²) >= 11 is 5.01. The summed E-state index contributed by atoms with van der Waals surface area (Å²) in [5.41, 5.74) is 1.80. The summed E-state index contributed by atoms with van der Waals surface area (Å²) in [4.78, 5) is 11.2. The van der Waals surface area contributed by atoms with Crippen molar-refractivity contribution in [1.82, 2.24) is 0 Å². The number of hydrogen-bond donors (Lipinski definition) is 1. The maximum atomic E-state index is 12.0. The third kappa shape index (κ3) is 1.42. The predicted molar refractivity (Wildman–Crippen MR) is 67.5 cm³/mol. The highest BCUT2D eigenvalue weighted by Gasteiger charge is 2.50. The van der Waals surface area contributed by atoms with E-state index in [0.717, 1.165) is 27.9 Å². The average Bonchev–Trinajstić information content (AvgIpc) is 2.55. The minimum Gasteiger partial charge on any atom is -0.351 e. The Bertz CT molecular complexity index is 457. The summed E-state index contributed by atoms with van der Waals surface area (Å²) in [6, 6.07) is 5.79. The highest BCUT2D eigenvalue weighted by Crippen LogP contribution is 2.49. The van der Waals surface area contributed by atoms with Crippen LogP contribution >= 0.6 is 27.7 Å². The van der Waals surface area contributed by atoms with Crippen molar-refractivity contribution >= 4 is 39.3 Å². The van der Waals surface area contributed by atoms with Crippen LogP contribution in [0.2, 0.25) is 0 Å². The molecule has 0 bridgehead atoms. The van der Waals surface area contributed by atoms with E-state index < -0.39 is 4.93 Å². The van der Waals surface area contributed by atoms with Crippen LogP contribution in [0.3, 0.4) is 0 Å². The summed E-state index contributed by atoms with van der Waals surface area (Å²) in [6.07, 6.45) is 1.00. The molecule has 0 aliphatic carbocycles. The molecule has 0 saturated carbocycles. The molecule has 1 unspecified atom stereocenters. The molecule has 1 saturated heterocycles. The predicted octanol–water partition coefficient (Wildman–Crippen LogP) is 2.71. The fourth-order valence-corrected chi connectivity index (χ4v) is 3.63. The van der Waals surface area contributed by atoms with Crippen molar-refractivity contribution in [2.75, 3.05) is 17.7 Å². The zero-order valence-corrected chi connectivity index (χ0v) is 10.9. The van der Waals surface area contributed by atoms with Crippen LogP contribution in [-0.2, 0) is 14.5 Å². The van der Waals surface area contributed by atoms with Gasteiger partial charge in [-0.3, -0.25) is 4.79 Å².